The van der Waals surface area contributed by atoms with E-state index in [2.05, 4.69) is 47.4 Å². The topological polar surface area (TPSA) is 182 Å². The summed E-state index contributed by atoms with van der Waals surface area (Å²) in [7, 11) is 0. The Morgan fingerprint density at radius 3 is 1.14 bits per heavy atom. The molecule has 59 heavy (non-hydrogen) atoms. The number of unbranched alkanes of at least 4 members (excludes halogenated alkanes) is 15. The van der Waals surface area contributed by atoms with Crippen LogP contribution >= 0.6 is 0 Å². The monoisotopic (exact) mass is 842 g/mol. The van der Waals surface area contributed by atoms with Crippen LogP contribution in [0.25, 0.3) is 0 Å². The molecule has 0 aromatic carbocycles. The minimum atomic E-state index is -0.269. The maximum absolute atomic E-state index is 12.1. The minimum absolute atomic E-state index is 0.00415. The van der Waals surface area contributed by atoms with Crippen LogP contribution in [0.4, 0.5) is 0 Å². The van der Waals surface area contributed by atoms with Gasteiger partial charge >= 0.3 is 0 Å². The average molecular weight is 842 g/mol. The predicted octanol–water partition coefficient (Wildman–Crippen LogP) is 6.28. The molecular formula is C45H87N5O9. The minimum Gasteiger partial charge on any atom is -0.377 e. The van der Waals surface area contributed by atoms with Gasteiger partial charge < -0.3 is 45.5 Å². The zero-order chi connectivity index (χ0) is 43.3. The molecule has 0 unspecified atom stereocenters. The van der Waals surface area contributed by atoms with Crippen LogP contribution in [-0.2, 0) is 42.9 Å². The van der Waals surface area contributed by atoms with E-state index in [0.29, 0.717) is 84.6 Å². The number of carbonyl (C=O) groups excluding carboxylic acids is 5. The smallest absolute Gasteiger partial charge is 0.246 e. The van der Waals surface area contributed by atoms with E-state index in [0.717, 1.165) is 38.0 Å². The van der Waals surface area contributed by atoms with Crippen LogP contribution in [-0.4, -0.2) is 115 Å². The van der Waals surface area contributed by atoms with Crippen molar-refractivity contribution in [3.63, 3.8) is 0 Å². The van der Waals surface area contributed by atoms with Crippen molar-refractivity contribution >= 4 is 29.5 Å². The number of ether oxygens (including phenoxy) is 4. The van der Waals surface area contributed by atoms with E-state index in [1.165, 1.54) is 83.5 Å². The maximum atomic E-state index is 12.1. The number of rotatable bonds is 45. The first-order valence-corrected chi connectivity index (χ1v) is 23.4. The first-order valence-electron chi connectivity index (χ1n) is 23.4. The molecule has 0 aliphatic heterocycles. The number of hydrogen-bond acceptors (Lipinski definition) is 9. The van der Waals surface area contributed by atoms with Gasteiger partial charge in [0.15, 0.2) is 0 Å². The van der Waals surface area contributed by atoms with Gasteiger partial charge in [-0.2, -0.15) is 0 Å². The first kappa shape index (κ1) is 56.2. The van der Waals surface area contributed by atoms with Crippen LogP contribution in [0.3, 0.4) is 0 Å². The number of amides is 5. The molecule has 0 atom stereocenters. The van der Waals surface area contributed by atoms with Gasteiger partial charge in [0, 0.05) is 52.0 Å². The molecule has 5 amide bonds. The van der Waals surface area contributed by atoms with Crippen LogP contribution in [0.15, 0.2) is 0 Å². The van der Waals surface area contributed by atoms with Gasteiger partial charge in [-0.1, -0.05) is 124 Å². The SMILES string of the molecule is CCCCCNC(=O)CCCNC(=O)COCCOCCNC(=O)COCCOCCNC(=O)CCCNC(=O)CCCCCCCCCCCCCCCCC(C)C. The van der Waals surface area contributed by atoms with Gasteiger partial charge in [0.25, 0.3) is 0 Å². The highest BCUT2D eigenvalue weighted by Crippen LogP contribution is 2.15. The molecule has 346 valence electrons. The molecule has 14 nitrogen and oxygen atoms in total. The summed E-state index contributed by atoms with van der Waals surface area (Å²) >= 11 is 0. The second-order valence-corrected chi connectivity index (χ2v) is 15.9. The molecule has 0 radical (unpaired) electrons. The number of hydrogen-bond donors (Lipinski definition) is 5. The first-order chi connectivity index (χ1) is 28.7. The predicted molar refractivity (Wildman–Crippen MR) is 235 cm³/mol. The van der Waals surface area contributed by atoms with Gasteiger partial charge in [0.2, 0.25) is 29.5 Å². The fraction of sp³-hybridized carbons (Fsp3) is 0.889. The molecule has 0 fully saturated rings. The second-order valence-electron chi connectivity index (χ2n) is 15.9. The van der Waals surface area contributed by atoms with Crippen LogP contribution in [0.1, 0.15) is 168 Å². The van der Waals surface area contributed by atoms with Gasteiger partial charge in [0.05, 0.1) is 39.6 Å². The Morgan fingerprint density at radius 1 is 0.356 bits per heavy atom. The second kappa shape index (κ2) is 44.7. The Balaban J connectivity index is 3.39. The van der Waals surface area contributed by atoms with E-state index in [4.69, 9.17) is 18.9 Å². The lowest BCUT2D eigenvalue weighted by atomic mass is 10.0. The van der Waals surface area contributed by atoms with Crippen LogP contribution < -0.4 is 26.6 Å². The van der Waals surface area contributed by atoms with Crippen LogP contribution in [0.5, 0.6) is 0 Å². The Hall–Kier alpha value is -2.81. The van der Waals surface area contributed by atoms with Gasteiger partial charge in [-0.3, -0.25) is 24.0 Å². The van der Waals surface area contributed by atoms with Crippen molar-refractivity contribution in [3.05, 3.63) is 0 Å². The molecule has 0 rings (SSSR count). The Bertz CT molecular complexity index is 1020. The zero-order valence-corrected chi connectivity index (χ0v) is 37.7. The van der Waals surface area contributed by atoms with E-state index in [1.54, 1.807) is 0 Å². The van der Waals surface area contributed by atoms with Crippen molar-refractivity contribution in [1.29, 1.82) is 0 Å². The molecule has 0 saturated heterocycles. The Morgan fingerprint density at radius 2 is 0.695 bits per heavy atom. The molecule has 0 saturated carbocycles. The van der Waals surface area contributed by atoms with E-state index in [-0.39, 0.29) is 62.6 Å². The van der Waals surface area contributed by atoms with E-state index in [9.17, 15) is 24.0 Å². The van der Waals surface area contributed by atoms with Crippen LogP contribution in [0.2, 0.25) is 0 Å². The van der Waals surface area contributed by atoms with Crippen molar-refractivity contribution in [2.24, 2.45) is 5.92 Å². The third-order valence-corrected chi connectivity index (χ3v) is 9.69. The quantitative estimate of drug-likeness (QED) is 0.0441. The van der Waals surface area contributed by atoms with E-state index < -0.39 is 0 Å². The Kier molecular flexibility index (Phi) is 42.6. The third-order valence-electron chi connectivity index (χ3n) is 9.69. The molecule has 0 spiro atoms. The maximum Gasteiger partial charge on any atom is 0.246 e. The molecule has 0 aromatic rings. The fourth-order valence-electron chi connectivity index (χ4n) is 6.18. The van der Waals surface area contributed by atoms with Crippen LogP contribution in [0, 0.1) is 5.92 Å². The lowest BCUT2D eigenvalue weighted by molar-refractivity contribution is -0.127. The lowest BCUT2D eigenvalue weighted by Crippen LogP contribution is -2.32. The Labute approximate surface area is 358 Å². The highest BCUT2D eigenvalue weighted by molar-refractivity contribution is 5.78. The lowest BCUT2D eigenvalue weighted by Gasteiger charge is -2.09. The highest BCUT2D eigenvalue weighted by atomic mass is 16.5. The summed E-state index contributed by atoms with van der Waals surface area (Å²) in [5, 5.41) is 14.0. The molecule has 5 N–H and O–H groups in total. The number of nitrogens with one attached hydrogen (secondary N) is 5. The highest BCUT2D eigenvalue weighted by Gasteiger charge is 2.06. The molecule has 14 heteroatoms. The molecule has 0 aliphatic carbocycles. The molecule has 0 bridgehead atoms. The van der Waals surface area contributed by atoms with Crippen molar-refractivity contribution < 1.29 is 42.9 Å². The van der Waals surface area contributed by atoms with Gasteiger partial charge in [0.1, 0.15) is 13.2 Å². The van der Waals surface area contributed by atoms with Gasteiger partial charge in [-0.25, -0.2) is 0 Å². The summed E-state index contributed by atoms with van der Waals surface area (Å²) in [5.74, 6) is 0.321. The number of carbonyl (C=O) groups is 5. The molecular weight excluding hydrogens is 755 g/mol. The summed E-state index contributed by atoms with van der Waals surface area (Å²) in [6.07, 6.45) is 25.3. The van der Waals surface area contributed by atoms with Crippen molar-refractivity contribution in [2.75, 3.05) is 85.6 Å². The molecule has 0 aromatic heterocycles. The van der Waals surface area contributed by atoms with Gasteiger partial charge in [-0.15, -0.1) is 0 Å². The zero-order valence-electron chi connectivity index (χ0n) is 37.7. The van der Waals surface area contributed by atoms with Gasteiger partial charge in [-0.05, 0) is 31.6 Å². The van der Waals surface area contributed by atoms with E-state index in [1.807, 2.05) is 0 Å². The van der Waals surface area contributed by atoms with Crippen molar-refractivity contribution in [2.45, 2.75) is 168 Å². The van der Waals surface area contributed by atoms with Crippen molar-refractivity contribution in [1.82, 2.24) is 26.6 Å². The summed E-state index contributed by atoms with van der Waals surface area (Å²) in [6.45, 7) is 10.6. The van der Waals surface area contributed by atoms with Crippen molar-refractivity contribution in [3.8, 4) is 0 Å². The summed E-state index contributed by atoms with van der Waals surface area (Å²) in [4.78, 5) is 59.6. The van der Waals surface area contributed by atoms with E-state index >= 15 is 0 Å². The third kappa shape index (κ3) is 46.1. The summed E-state index contributed by atoms with van der Waals surface area (Å²) < 4.78 is 21.4. The summed E-state index contributed by atoms with van der Waals surface area (Å²) in [6, 6.07) is 0. The summed E-state index contributed by atoms with van der Waals surface area (Å²) in [5.41, 5.74) is 0. The normalized spacial score (nSPS) is 11.1. The average Bonchev–Trinajstić information content (AvgIpc) is 3.21. The standard InChI is InChI=1S/C45H87N5O9/c1-4-5-20-27-46-42(52)25-22-29-48-44(54)38-58-36-35-57-33-31-50-45(55)39-59-37-34-56-32-30-49-43(53)26-21-28-47-41(51)24-19-17-15-13-11-9-7-6-8-10-12-14-16-18-23-40(2)3/h40H,4-39H2,1-3H3,(H,46,52)(H,47,51)(H,48,54)(H,49,53)(H,50,55). The fourth-order valence-corrected chi connectivity index (χ4v) is 6.18. The largest absolute Gasteiger partial charge is 0.377 e. The molecule has 0 heterocycles. The molecule has 0 aliphatic rings.